The van der Waals surface area contributed by atoms with Crippen molar-refractivity contribution in [1.29, 1.82) is 0 Å². The van der Waals surface area contributed by atoms with E-state index >= 15 is 0 Å². The minimum Gasteiger partial charge on any atom is -0.308 e. The molecular formula is C12H19N3. The lowest BCUT2D eigenvalue weighted by Gasteiger charge is -2.17. The first-order valence-electron chi connectivity index (χ1n) is 5.66. The maximum Gasteiger partial charge on any atom is 0.0769 e. The monoisotopic (exact) mass is 205 g/mol. The lowest BCUT2D eigenvalue weighted by molar-refractivity contribution is 0.363. The molecule has 0 aliphatic heterocycles. The molecular weight excluding hydrogens is 186 g/mol. The van der Waals surface area contributed by atoms with E-state index in [2.05, 4.69) is 29.4 Å². The van der Waals surface area contributed by atoms with Gasteiger partial charge >= 0.3 is 0 Å². The minimum atomic E-state index is 0.514. The second-order valence-electron chi connectivity index (χ2n) is 5.20. The molecule has 1 saturated carbocycles. The van der Waals surface area contributed by atoms with Gasteiger partial charge in [-0.15, -0.1) is 0 Å². The summed E-state index contributed by atoms with van der Waals surface area (Å²) in [6.45, 7) is 5.53. The molecule has 1 atom stereocenters. The Hall–Kier alpha value is -0.960. The summed E-state index contributed by atoms with van der Waals surface area (Å²) in [7, 11) is 0. The van der Waals surface area contributed by atoms with Gasteiger partial charge in [-0.25, -0.2) is 0 Å². The smallest absolute Gasteiger partial charge is 0.0769 e. The van der Waals surface area contributed by atoms with E-state index in [1.807, 2.05) is 12.1 Å². The molecule has 1 heterocycles. The Labute approximate surface area is 91.3 Å². The normalized spacial score (nSPS) is 24.3. The number of nitrogens with zero attached hydrogens (tertiary/aromatic N) is 2. The summed E-state index contributed by atoms with van der Waals surface area (Å²) < 4.78 is 0. The highest BCUT2D eigenvalue weighted by atomic mass is 15.1. The molecule has 1 aliphatic carbocycles. The Balaban J connectivity index is 1.80. The molecule has 15 heavy (non-hydrogen) atoms. The summed E-state index contributed by atoms with van der Waals surface area (Å²) in [5.74, 6) is 0. The van der Waals surface area contributed by atoms with E-state index in [4.69, 9.17) is 0 Å². The molecule has 2 rings (SSSR count). The van der Waals surface area contributed by atoms with E-state index in [0.717, 1.165) is 12.2 Å². The lowest BCUT2D eigenvalue weighted by atomic mass is 9.92. The molecule has 82 valence electrons. The van der Waals surface area contributed by atoms with Crippen LogP contribution in [0.2, 0.25) is 0 Å². The summed E-state index contributed by atoms with van der Waals surface area (Å²) in [6.07, 6.45) is 5.59. The predicted molar refractivity (Wildman–Crippen MR) is 60.3 cm³/mol. The average Bonchev–Trinajstić information content (AvgIpc) is 2.57. The Morgan fingerprint density at radius 1 is 1.53 bits per heavy atom. The van der Waals surface area contributed by atoms with Gasteiger partial charge in [0, 0.05) is 18.8 Å². The Morgan fingerprint density at radius 2 is 2.40 bits per heavy atom. The van der Waals surface area contributed by atoms with Gasteiger partial charge < -0.3 is 5.32 Å². The molecule has 0 radical (unpaired) electrons. The van der Waals surface area contributed by atoms with Crippen LogP contribution in [-0.2, 0) is 6.54 Å². The number of rotatable bonds is 3. The zero-order valence-corrected chi connectivity index (χ0v) is 9.53. The van der Waals surface area contributed by atoms with Crippen LogP contribution < -0.4 is 5.32 Å². The van der Waals surface area contributed by atoms with Crippen molar-refractivity contribution in [3.05, 3.63) is 24.0 Å². The molecule has 1 fully saturated rings. The lowest BCUT2D eigenvalue weighted by Crippen LogP contribution is -2.27. The number of aromatic nitrogens is 2. The molecule has 0 saturated heterocycles. The third-order valence-corrected chi connectivity index (χ3v) is 3.17. The van der Waals surface area contributed by atoms with Gasteiger partial charge in [0.05, 0.1) is 5.69 Å². The van der Waals surface area contributed by atoms with Gasteiger partial charge in [0.25, 0.3) is 0 Å². The van der Waals surface area contributed by atoms with Crippen molar-refractivity contribution < 1.29 is 0 Å². The minimum absolute atomic E-state index is 0.514. The zero-order chi connectivity index (χ0) is 10.7. The molecule has 0 amide bonds. The van der Waals surface area contributed by atoms with Crippen LogP contribution in [0.1, 0.15) is 38.8 Å². The van der Waals surface area contributed by atoms with Gasteiger partial charge in [-0.3, -0.25) is 0 Å². The first kappa shape index (κ1) is 10.6. The third-order valence-electron chi connectivity index (χ3n) is 3.17. The summed E-state index contributed by atoms with van der Waals surface area (Å²) in [6, 6.07) is 4.60. The van der Waals surface area contributed by atoms with Crippen LogP contribution >= 0.6 is 0 Å². The topological polar surface area (TPSA) is 37.8 Å². The highest BCUT2D eigenvalue weighted by Crippen LogP contribution is 2.36. The van der Waals surface area contributed by atoms with Crippen LogP contribution in [-0.4, -0.2) is 16.2 Å². The van der Waals surface area contributed by atoms with E-state index in [0.29, 0.717) is 11.5 Å². The quantitative estimate of drug-likeness (QED) is 0.821. The first-order chi connectivity index (χ1) is 7.16. The van der Waals surface area contributed by atoms with E-state index < -0.39 is 0 Å². The summed E-state index contributed by atoms with van der Waals surface area (Å²) >= 11 is 0. The van der Waals surface area contributed by atoms with Crippen molar-refractivity contribution in [3.63, 3.8) is 0 Å². The largest absolute Gasteiger partial charge is 0.308 e. The fraction of sp³-hybridized carbons (Fsp3) is 0.667. The van der Waals surface area contributed by atoms with Crippen LogP contribution in [0, 0.1) is 5.41 Å². The van der Waals surface area contributed by atoms with Crippen molar-refractivity contribution in [2.24, 2.45) is 5.41 Å². The van der Waals surface area contributed by atoms with Crippen LogP contribution in [0.3, 0.4) is 0 Å². The molecule has 1 aliphatic rings. The summed E-state index contributed by atoms with van der Waals surface area (Å²) in [5, 5.41) is 11.5. The van der Waals surface area contributed by atoms with Gasteiger partial charge in [0.2, 0.25) is 0 Å². The summed E-state index contributed by atoms with van der Waals surface area (Å²) in [5.41, 5.74) is 1.54. The van der Waals surface area contributed by atoms with Crippen LogP contribution in [0.5, 0.6) is 0 Å². The third kappa shape index (κ3) is 2.99. The van der Waals surface area contributed by atoms with Crippen LogP contribution in [0.15, 0.2) is 18.3 Å². The molecule has 3 heteroatoms. The predicted octanol–water partition coefficient (Wildman–Crippen LogP) is 2.14. The SMILES string of the molecule is CC1(C)CCC(NCc2cccnn2)C1. The molecule has 0 bridgehead atoms. The van der Waals surface area contributed by atoms with Crippen molar-refractivity contribution in [1.82, 2.24) is 15.5 Å². The van der Waals surface area contributed by atoms with Crippen LogP contribution in [0.4, 0.5) is 0 Å². The van der Waals surface area contributed by atoms with Crippen LogP contribution in [0.25, 0.3) is 0 Å². The Kier molecular flexibility index (Phi) is 3.00. The molecule has 1 aromatic heterocycles. The zero-order valence-electron chi connectivity index (χ0n) is 9.53. The second kappa shape index (κ2) is 4.27. The van der Waals surface area contributed by atoms with Gasteiger partial charge in [0.1, 0.15) is 0 Å². The number of hydrogen-bond acceptors (Lipinski definition) is 3. The van der Waals surface area contributed by atoms with Crippen molar-refractivity contribution >= 4 is 0 Å². The van der Waals surface area contributed by atoms with Gasteiger partial charge in [-0.1, -0.05) is 13.8 Å². The van der Waals surface area contributed by atoms with E-state index in [1.165, 1.54) is 19.3 Å². The van der Waals surface area contributed by atoms with Crippen molar-refractivity contribution in [2.45, 2.75) is 45.7 Å². The number of nitrogens with one attached hydrogen (secondary N) is 1. The molecule has 1 unspecified atom stereocenters. The molecule has 1 N–H and O–H groups in total. The van der Waals surface area contributed by atoms with E-state index in [-0.39, 0.29) is 0 Å². The van der Waals surface area contributed by atoms with Gasteiger partial charge in [-0.2, -0.15) is 10.2 Å². The van der Waals surface area contributed by atoms with E-state index in [9.17, 15) is 0 Å². The molecule has 0 aromatic carbocycles. The fourth-order valence-electron chi connectivity index (χ4n) is 2.29. The van der Waals surface area contributed by atoms with Crippen molar-refractivity contribution in [3.8, 4) is 0 Å². The standard InChI is InChI=1S/C12H19N3/c1-12(2)6-5-10(8-12)13-9-11-4-3-7-14-15-11/h3-4,7,10,13H,5-6,8-9H2,1-2H3. The summed E-state index contributed by atoms with van der Waals surface area (Å²) in [4.78, 5) is 0. The molecule has 3 nitrogen and oxygen atoms in total. The second-order valence-corrected chi connectivity index (χ2v) is 5.20. The number of hydrogen-bond donors (Lipinski definition) is 1. The molecule has 1 aromatic rings. The average molecular weight is 205 g/mol. The van der Waals surface area contributed by atoms with Gasteiger partial charge in [0.15, 0.2) is 0 Å². The molecule has 0 spiro atoms. The first-order valence-corrected chi connectivity index (χ1v) is 5.66. The fourth-order valence-corrected chi connectivity index (χ4v) is 2.29. The maximum absolute atomic E-state index is 4.06. The maximum atomic E-state index is 4.06. The highest BCUT2D eigenvalue weighted by molar-refractivity contribution is 4.99. The highest BCUT2D eigenvalue weighted by Gasteiger charge is 2.30. The van der Waals surface area contributed by atoms with Gasteiger partial charge in [-0.05, 0) is 36.8 Å². The van der Waals surface area contributed by atoms with E-state index in [1.54, 1.807) is 6.20 Å². The Bertz CT molecular complexity index is 308. The Morgan fingerprint density at radius 3 is 3.00 bits per heavy atom. The van der Waals surface area contributed by atoms with Crippen molar-refractivity contribution in [2.75, 3.05) is 0 Å².